The Balaban J connectivity index is 1.61. The van der Waals surface area contributed by atoms with E-state index in [0.29, 0.717) is 28.1 Å². The fourth-order valence-electron chi connectivity index (χ4n) is 3.21. The molecule has 1 atom stereocenters. The van der Waals surface area contributed by atoms with Gasteiger partial charge in [-0.2, -0.15) is 0 Å². The molecule has 0 aliphatic rings. The van der Waals surface area contributed by atoms with Crippen LogP contribution < -0.4 is 5.32 Å². The first-order chi connectivity index (χ1) is 14.4. The van der Waals surface area contributed by atoms with Gasteiger partial charge in [0.1, 0.15) is 5.52 Å². The maximum absolute atomic E-state index is 12.7. The van der Waals surface area contributed by atoms with Crippen molar-refractivity contribution >= 4 is 56.9 Å². The summed E-state index contributed by atoms with van der Waals surface area (Å²) in [6, 6.07) is 18.9. The highest BCUT2D eigenvalue weighted by atomic mass is 127. The molecular weight excluding hydrogens is 511 g/mol. The summed E-state index contributed by atoms with van der Waals surface area (Å²) in [4.78, 5) is 17.3. The molecule has 0 saturated heterocycles. The zero-order chi connectivity index (χ0) is 21.3. The van der Waals surface area contributed by atoms with Gasteiger partial charge in [-0.05, 0) is 89.0 Å². The Morgan fingerprint density at radius 1 is 1.17 bits per heavy atom. The normalized spacial score (nSPS) is 12.1. The first-order valence-corrected chi connectivity index (χ1v) is 11.2. The number of nitrogens with zero attached hydrogens (tertiary/aromatic N) is 1. The Morgan fingerprint density at radius 2 is 2.00 bits per heavy atom. The summed E-state index contributed by atoms with van der Waals surface area (Å²) in [5.74, 6) is 0.738. The Labute approximate surface area is 193 Å². The molecule has 4 aromatic rings. The van der Waals surface area contributed by atoms with Gasteiger partial charge in [-0.15, -0.1) is 0 Å². The molecule has 0 aliphatic heterocycles. The van der Waals surface area contributed by atoms with Gasteiger partial charge in [-0.25, -0.2) is 4.98 Å². The third-order valence-corrected chi connectivity index (χ3v) is 6.13. The number of nitrogens with one attached hydrogen (secondary N) is 1. The van der Waals surface area contributed by atoms with Crippen molar-refractivity contribution in [1.82, 2.24) is 4.98 Å². The fourth-order valence-corrected chi connectivity index (χ4v) is 3.90. The van der Waals surface area contributed by atoms with Crippen LogP contribution in [0.15, 0.2) is 65.1 Å². The number of rotatable bonds is 5. The standard InChI is InChI=1S/C24H20ClIN2O2/c1-3-14(2)15-7-10-22-21(12-15)28-24(30-22)16-5-4-6-18(11-16)27-23(29)19-13-17(26)8-9-20(19)25/h4-14H,3H2,1-2H3,(H,27,29)/t14-/m1/s1. The molecule has 30 heavy (non-hydrogen) atoms. The number of hydrogen-bond acceptors (Lipinski definition) is 3. The quantitative estimate of drug-likeness (QED) is 0.272. The molecular formula is C24H20ClIN2O2. The van der Waals surface area contributed by atoms with Crippen molar-refractivity contribution in [2.45, 2.75) is 26.2 Å². The van der Waals surface area contributed by atoms with E-state index in [4.69, 9.17) is 16.0 Å². The second-order valence-electron chi connectivity index (χ2n) is 7.21. The van der Waals surface area contributed by atoms with Crippen molar-refractivity contribution in [3.05, 3.63) is 80.4 Å². The van der Waals surface area contributed by atoms with Crippen LogP contribution in [0.3, 0.4) is 0 Å². The van der Waals surface area contributed by atoms with Gasteiger partial charge in [0.15, 0.2) is 5.58 Å². The molecule has 1 amide bonds. The number of oxazole rings is 1. The summed E-state index contributed by atoms with van der Waals surface area (Å²) < 4.78 is 6.90. The van der Waals surface area contributed by atoms with Crippen molar-refractivity contribution < 1.29 is 9.21 Å². The van der Waals surface area contributed by atoms with Gasteiger partial charge in [0.05, 0.1) is 10.6 Å². The number of fused-ring (bicyclic) bond motifs is 1. The number of amides is 1. The van der Waals surface area contributed by atoms with Crippen LogP contribution in [-0.4, -0.2) is 10.9 Å². The number of carbonyl (C=O) groups excluding carboxylic acids is 1. The first-order valence-electron chi connectivity index (χ1n) is 9.72. The van der Waals surface area contributed by atoms with Crippen LogP contribution in [0.4, 0.5) is 5.69 Å². The summed E-state index contributed by atoms with van der Waals surface area (Å²) >= 11 is 8.34. The molecule has 0 aliphatic carbocycles. The van der Waals surface area contributed by atoms with Crippen LogP contribution >= 0.6 is 34.2 Å². The average Bonchev–Trinajstić information content (AvgIpc) is 3.18. The van der Waals surface area contributed by atoms with Gasteiger partial charge in [-0.1, -0.05) is 37.6 Å². The number of aromatic nitrogens is 1. The largest absolute Gasteiger partial charge is 0.436 e. The Kier molecular flexibility index (Phi) is 6.11. The van der Waals surface area contributed by atoms with Crippen LogP contribution in [0.5, 0.6) is 0 Å². The molecule has 0 saturated carbocycles. The van der Waals surface area contributed by atoms with Crippen molar-refractivity contribution in [3.63, 3.8) is 0 Å². The zero-order valence-corrected chi connectivity index (χ0v) is 19.5. The van der Waals surface area contributed by atoms with E-state index in [0.717, 1.165) is 26.7 Å². The van der Waals surface area contributed by atoms with Gasteiger partial charge in [0, 0.05) is 14.8 Å². The minimum atomic E-state index is -0.258. The number of halogens is 2. The van der Waals surface area contributed by atoms with Crippen molar-refractivity contribution in [3.8, 4) is 11.5 Å². The Hall–Kier alpha value is -2.38. The predicted octanol–water partition coefficient (Wildman–Crippen LogP) is 7.52. The minimum Gasteiger partial charge on any atom is -0.436 e. The molecule has 0 spiro atoms. The molecule has 6 heteroatoms. The number of hydrogen-bond donors (Lipinski definition) is 1. The van der Waals surface area contributed by atoms with E-state index in [1.54, 1.807) is 12.1 Å². The smallest absolute Gasteiger partial charge is 0.257 e. The fraction of sp³-hybridized carbons (Fsp3) is 0.167. The van der Waals surface area contributed by atoms with Crippen LogP contribution in [0.1, 0.15) is 42.1 Å². The third-order valence-electron chi connectivity index (χ3n) is 5.13. The van der Waals surface area contributed by atoms with Crippen molar-refractivity contribution in [1.29, 1.82) is 0 Å². The van der Waals surface area contributed by atoms with Crippen LogP contribution in [0.25, 0.3) is 22.6 Å². The van der Waals surface area contributed by atoms with Crippen molar-refractivity contribution in [2.24, 2.45) is 0 Å². The van der Waals surface area contributed by atoms with E-state index in [2.05, 4.69) is 58.9 Å². The number of carbonyl (C=O) groups is 1. The van der Waals surface area contributed by atoms with E-state index >= 15 is 0 Å². The van der Waals surface area contributed by atoms with E-state index in [9.17, 15) is 4.79 Å². The SMILES string of the molecule is CC[C@@H](C)c1ccc2oc(-c3cccc(NC(=O)c4cc(I)ccc4Cl)c3)nc2c1. The van der Waals surface area contributed by atoms with Gasteiger partial charge in [0.2, 0.25) is 5.89 Å². The maximum Gasteiger partial charge on any atom is 0.257 e. The molecule has 4 nitrogen and oxygen atoms in total. The Morgan fingerprint density at radius 3 is 2.80 bits per heavy atom. The second-order valence-corrected chi connectivity index (χ2v) is 8.87. The van der Waals surface area contributed by atoms with E-state index in [1.165, 1.54) is 5.56 Å². The lowest BCUT2D eigenvalue weighted by Crippen LogP contribution is -2.12. The highest BCUT2D eigenvalue weighted by Gasteiger charge is 2.14. The van der Waals surface area contributed by atoms with E-state index < -0.39 is 0 Å². The molecule has 0 radical (unpaired) electrons. The minimum absolute atomic E-state index is 0.258. The summed E-state index contributed by atoms with van der Waals surface area (Å²) in [7, 11) is 0. The molecule has 4 rings (SSSR count). The third kappa shape index (κ3) is 4.37. The highest BCUT2D eigenvalue weighted by Crippen LogP contribution is 2.29. The van der Waals surface area contributed by atoms with Gasteiger partial charge >= 0.3 is 0 Å². The average molecular weight is 531 g/mol. The van der Waals surface area contributed by atoms with Crippen LogP contribution in [-0.2, 0) is 0 Å². The molecule has 0 fully saturated rings. The van der Waals surface area contributed by atoms with E-state index in [-0.39, 0.29) is 5.91 Å². The predicted molar refractivity (Wildman–Crippen MR) is 130 cm³/mol. The molecule has 3 aromatic carbocycles. The molecule has 152 valence electrons. The summed E-state index contributed by atoms with van der Waals surface area (Å²) in [6.07, 6.45) is 1.07. The molecule has 1 aromatic heterocycles. The number of benzene rings is 3. The van der Waals surface area contributed by atoms with Gasteiger partial charge in [-0.3, -0.25) is 4.79 Å². The molecule has 1 heterocycles. The Bertz CT molecular complexity index is 1240. The van der Waals surface area contributed by atoms with Crippen LogP contribution in [0, 0.1) is 3.57 Å². The van der Waals surface area contributed by atoms with Gasteiger partial charge in [0.25, 0.3) is 5.91 Å². The number of anilines is 1. The highest BCUT2D eigenvalue weighted by molar-refractivity contribution is 14.1. The van der Waals surface area contributed by atoms with Crippen LogP contribution in [0.2, 0.25) is 5.02 Å². The molecule has 1 N–H and O–H groups in total. The lowest BCUT2D eigenvalue weighted by Gasteiger charge is -2.08. The molecule has 0 unspecified atom stereocenters. The van der Waals surface area contributed by atoms with Gasteiger partial charge < -0.3 is 9.73 Å². The maximum atomic E-state index is 12.7. The first kappa shape index (κ1) is 20.9. The summed E-state index contributed by atoms with van der Waals surface area (Å²) in [5.41, 5.74) is 4.71. The summed E-state index contributed by atoms with van der Waals surface area (Å²) in [5, 5.41) is 3.32. The second kappa shape index (κ2) is 8.78. The lowest BCUT2D eigenvalue weighted by atomic mass is 9.98. The zero-order valence-electron chi connectivity index (χ0n) is 16.6. The monoisotopic (exact) mass is 530 g/mol. The summed E-state index contributed by atoms with van der Waals surface area (Å²) in [6.45, 7) is 4.38. The van der Waals surface area contributed by atoms with Crippen molar-refractivity contribution in [2.75, 3.05) is 5.32 Å². The topological polar surface area (TPSA) is 55.1 Å². The molecule has 0 bridgehead atoms. The van der Waals surface area contributed by atoms with E-state index in [1.807, 2.05) is 36.4 Å². The lowest BCUT2D eigenvalue weighted by molar-refractivity contribution is 0.102.